The number of carbonyl (C=O) groups is 1. The predicted molar refractivity (Wildman–Crippen MR) is 118 cm³/mol. The Morgan fingerprint density at radius 3 is 2.64 bits per heavy atom. The van der Waals surface area contributed by atoms with Gasteiger partial charge in [-0.25, -0.2) is 14.8 Å². The number of carbonyl (C=O) groups excluding carboxylic acids is 1. The quantitative estimate of drug-likeness (QED) is 0.444. The number of ether oxygens (including phenoxy) is 2. The summed E-state index contributed by atoms with van der Waals surface area (Å²) in [7, 11) is 3.15. The van der Waals surface area contributed by atoms with Crippen molar-refractivity contribution in [3.8, 4) is 23.2 Å². The number of likely N-dealkylation sites (tertiary alicyclic amines) is 1. The van der Waals surface area contributed by atoms with Gasteiger partial charge < -0.3 is 14.0 Å². The van der Waals surface area contributed by atoms with Crippen LogP contribution < -0.4 is 15.0 Å². The SMILES string of the molecule is COc1ccc(OC(=O)N2CCCC2c2nc3c(=O)n(C)c(-c4nc(C)no4)nc3s2)cc1. The van der Waals surface area contributed by atoms with Gasteiger partial charge in [0.2, 0.25) is 5.82 Å². The number of fused-ring (bicyclic) bond motifs is 1. The van der Waals surface area contributed by atoms with Crippen molar-refractivity contribution in [2.45, 2.75) is 25.8 Å². The monoisotopic (exact) mass is 468 g/mol. The topological polar surface area (TPSA) is 125 Å². The van der Waals surface area contributed by atoms with Crippen molar-refractivity contribution in [3.63, 3.8) is 0 Å². The fraction of sp³-hybridized carbons (Fsp3) is 0.333. The van der Waals surface area contributed by atoms with Crippen molar-refractivity contribution in [1.29, 1.82) is 0 Å². The van der Waals surface area contributed by atoms with E-state index in [1.165, 1.54) is 15.9 Å². The molecule has 0 spiro atoms. The average molecular weight is 468 g/mol. The Balaban J connectivity index is 1.44. The summed E-state index contributed by atoms with van der Waals surface area (Å²) < 4.78 is 17.2. The molecule has 0 saturated carbocycles. The van der Waals surface area contributed by atoms with E-state index in [9.17, 15) is 9.59 Å². The van der Waals surface area contributed by atoms with E-state index in [0.717, 1.165) is 6.42 Å². The summed E-state index contributed by atoms with van der Waals surface area (Å²) in [6, 6.07) is 6.50. The molecule has 0 bridgehead atoms. The van der Waals surface area contributed by atoms with Gasteiger partial charge in [0.25, 0.3) is 11.4 Å². The molecule has 4 aromatic rings. The Kier molecular flexibility index (Phi) is 5.29. The molecule has 1 aliphatic heterocycles. The maximum Gasteiger partial charge on any atom is 0.415 e. The molecule has 1 atom stereocenters. The van der Waals surface area contributed by atoms with Crippen molar-refractivity contribution in [1.82, 2.24) is 29.6 Å². The van der Waals surface area contributed by atoms with Crippen LogP contribution in [0.2, 0.25) is 0 Å². The lowest BCUT2D eigenvalue weighted by molar-refractivity contribution is 0.147. The van der Waals surface area contributed by atoms with Gasteiger partial charge in [0.15, 0.2) is 16.2 Å². The zero-order valence-corrected chi connectivity index (χ0v) is 19.0. The molecule has 4 heterocycles. The van der Waals surface area contributed by atoms with Crippen LogP contribution in [0.15, 0.2) is 33.6 Å². The van der Waals surface area contributed by atoms with Gasteiger partial charge in [-0.05, 0) is 44.0 Å². The van der Waals surface area contributed by atoms with Crippen LogP contribution in [0.5, 0.6) is 11.5 Å². The van der Waals surface area contributed by atoms with E-state index in [1.54, 1.807) is 50.2 Å². The Labute approximate surface area is 191 Å². The van der Waals surface area contributed by atoms with Gasteiger partial charge >= 0.3 is 6.09 Å². The molecule has 1 amide bonds. The highest BCUT2D eigenvalue weighted by Crippen LogP contribution is 2.36. The van der Waals surface area contributed by atoms with E-state index in [4.69, 9.17) is 14.0 Å². The highest BCUT2D eigenvalue weighted by Gasteiger charge is 2.34. The third-order valence-electron chi connectivity index (χ3n) is 5.41. The van der Waals surface area contributed by atoms with Crippen LogP contribution in [0.25, 0.3) is 22.1 Å². The predicted octanol–water partition coefficient (Wildman–Crippen LogP) is 3.09. The number of methoxy groups -OCH3 is 1. The standard InChI is InChI=1S/C21H20N6O5S/c1-11-22-17(32-25-11)16-24-19-15(20(28)26(16)2)23-18(33-19)14-5-4-10-27(14)21(29)31-13-8-6-12(30-3)7-9-13/h6-9,14H,4-5,10H2,1-3H3. The third kappa shape index (κ3) is 3.82. The molecule has 1 saturated heterocycles. The minimum Gasteiger partial charge on any atom is -0.497 e. The number of aromatic nitrogens is 5. The number of hydrogen-bond donors (Lipinski definition) is 0. The molecule has 12 heteroatoms. The second-order valence-electron chi connectivity index (χ2n) is 7.55. The van der Waals surface area contributed by atoms with Crippen LogP contribution >= 0.6 is 11.3 Å². The van der Waals surface area contributed by atoms with Crippen LogP contribution in [0.3, 0.4) is 0 Å². The fourth-order valence-electron chi connectivity index (χ4n) is 3.74. The number of aryl methyl sites for hydroxylation is 1. The van der Waals surface area contributed by atoms with Crippen LogP contribution in [0.1, 0.15) is 29.7 Å². The van der Waals surface area contributed by atoms with Gasteiger partial charge in [0.1, 0.15) is 16.5 Å². The number of hydrogen-bond acceptors (Lipinski definition) is 10. The lowest BCUT2D eigenvalue weighted by Crippen LogP contribution is -2.33. The van der Waals surface area contributed by atoms with Crippen molar-refractivity contribution in [2.75, 3.05) is 13.7 Å². The smallest absolute Gasteiger partial charge is 0.415 e. The first-order chi connectivity index (χ1) is 15.9. The molecule has 0 N–H and O–H groups in total. The molecule has 3 aromatic heterocycles. The van der Waals surface area contributed by atoms with Gasteiger partial charge in [-0.2, -0.15) is 4.98 Å². The van der Waals surface area contributed by atoms with Crippen molar-refractivity contribution < 1.29 is 18.8 Å². The van der Waals surface area contributed by atoms with E-state index in [2.05, 4.69) is 20.1 Å². The summed E-state index contributed by atoms with van der Waals surface area (Å²) in [6.45, 7) is 2.22. The normalized spacial score (nSPS) is 15.8. The molecule has 0 aliphatic carbocycles. The number of nitrogens with zero attached hydrogens (tertiary/aromatic N) is 6. The molecule has 1 unspecified atom stereocenters. The molecule has 33 heavy (non-hydrogen) atoms. The molecule has 170 valence electrons. The van der Waals surface area contributed by atoms with Crippen LogP contribution in [0.4, 0.5) is 4.79 Å². The zero-order valence-electron chi connectivity index (χ0n) is 18.1. The second kappa shape index (κ2) is 8.28. The largest absolute Gasteiger partial charge is 0.497 e. The number of benzene rings is 1. The highest BCUT2D eigenvalue weighted by atomic mass is 32.1. The fourth-order valence-corrected chi connectivity index (χ4v) is 4.81. The van der Waals surface area contributed by atoms with Crippen LogP contribution in [-0.4, -0.2) is 49.3 Å². The first-order valence-corrected chi connectivity index (χ1v) is 11.1. The van der Waals surface area contributed by atoms with E-state index in [1.807, 2.05) is 0 Å². The summed E-state index contributed by atoms with van der Waals surface area (Å²) in [4.78, 5) is 41.1. The Bertz CT molecular complexity index is 1390. The highest BCUT2D eigenvalue weighted by molar-refractivity contribution is 7.18. The maximum atomic E-state index is 12.9. The maximum absolute atomic E-state index is 12.9. The average Bonchev–Trinajstić information content (AvgIpc) is 3.55. The number of amides is 1. The van der Waals surface area contributed by atoms with Crippen LogP contribution in [0, 0.1) is 6.92 Å². The minimum absolute atomic E-state index is 0.162. The minimum atomic E-state index is -0.468. The summed E-state index contributed by atoms with van der Waals surface area (Å²) >= 11 is 1.27. The van der Waals surface area contributed by atoms with E-state index < -0.39 is 6.09 Å². The number of rotatable bonds is 4. The van der Waals surface area contributed by atoms with E-state index in [0.29, 0.717) is 40.1 Å². The first kappa shape index (κ1) is 21.1. The van der Waals surface area contributed by atoms with Crippen molar-refractivity contribution >= 4 is 27.8 Å². The Hall–Kier alpha value is -3.80. The number of thiazole rings is 1. The van der Waals surface area contributed by atoms with Crippen molar-refractivity contribution in [3.05, 3.63) is 45.5 Å². The Morgan fingerprint density at radius 1 is 1.18 bits per heavy atom. The third-order valence-corrected chi connectivity index (χ3v) is 6.46. The molecule has 1 aliphatic rings. The molecule has 0 radical (unpaired) electrons. The summed E-state index contributed by atoms with van der Waals surface area (Å²) in [5.41, 5.74) is -0.0773. The van der Waals surface area contributed by atoms with E-state index >= 15 is 0 Å². The molecule has 5 rings (SSSR count). The molecule has 1 fully saturated rings. The van der Waals surface area contributed by atoms with Gasteiger partial charge in [0, 0.05) is 13.6 Å². The van der Waals surface area contributed by atoms with Gasteiger partial charge in [-0.15, -0.1) is 0 Å². The van der Waals surface area contributed by atoms with Crippen LogP contribution in [-0.2, 0) is 7.05 Å². The second-order valence-corrected chi connectivity index (χ2v) is 8.56. The summed E-state index contributed by atoms with van der Waals surface area (Å²) in [6.07, 6.45) is 1.05. The van der Waals surface area contributed by atoms with E-state index in [-0.39, 0.29) is 28.8 Å². The van der Waals surface area contributed by atoms with Gasteiger partial charge in [0.05, 0.1) is 13.2 Å². The molecule has 1 aromatic carbocycles. The molecular formula is C21H20N6O5S. The van der Waals surface area contributed by atoms with Gasteiger partial charge in [-0.3, -0.25) is 14.3 Å². The molecule has 11 nitrogen and oxygen atoms in total. The lowest BCUT2D eigenvalue weighted by Gasteiger charge is -2.22. The summed E-state index contributed by atoms with van der Waals surface area (Å²) in [5, 5.41) is 4.40. The van der Waals surface area contributed by atoms with Crippen molar-refractivity contribution in [2.24, 2.45) is 7.05 Å². The molecular weight excluding hydrogens is 448 g/mol. The lowest BCUT2D eigenvalue weighted by atomic mass is 10.2. The summed E-state index contributed by atoms with van der Waals surface area (Å²) in [5.74, 6) is 1.97. The Morgan fingerprint density at radius 2 is 1.94 bits per heavy atom. The van der Waals surface area contributed by atoms with Gasteiger partial charge in [-0.1, -0.05) is 16.5 Å². The first-order valence-electron chi connectivity index (χ1n) is 10.2. The zero-order chi connectivity index (χ0) is 23.1.